The maximum Gasteiger partial charge on any atom is 0.101 e. The van der Waals surface area contributed by atoms with Crippen molar-refractivity contribution in [3.05, 3.63) is 12.2 Å². The van der Waals surface area contributed by atoms with E-state index < -0.39 is 11.7 Å². The van der Waals surface area contributed by atoms with E-state index in [4.69, 9.17) is 0 Å². The fourth-order valence-electron chi connectivity index (χ4n) is 1.11. The van der Waals surface area contributed by atoms with Gasteiger partial charge in [0.05, 0.1) is 5.60 Å². The van der Waals surface area contributed by atoms with Crippen molar-refractivity contribution in [2.24, 2.45) is 0 Å². The van der Waals surface area contributed by atoms with Gasteiger partial charge < -0.3 is 10.2 Å². The minimum atomic E-state index is -0.939. The van der Waals surface area contributed by atoms with E-state index in [-0.39, 0.29) is 0 Å². The van der Waals surface area contributed by atoms with Gasteiger partial charge in [-0.05, 0) is 19.3 Å². The van der Waals surface area contributed by atoms with Crippen molar-refractivity contribution in [1.82, 2.24) is 0 Å². The topological polar surface area (TPSA) is 40.5 Å². The summed E-state index contributed by atoms with van der Waals surface area (Å²) in [5, 5.41) is 19.4. The largest absolute Gasteiger partial charge is 0.387 e. The smallest absolute Gasteiger partial charge is 0.101 e. The Morgan fingerprint density at radius 3 is 2.08 bits per heavy atom. The van der Waals surface area contributed by atoms with Crippen LogP contribution in [0.3, 0.4) is 0 Å². The molecule has 0 aliphatic rings. The van der Waals surface area contributed by atoms with E-state index in [9.17, 15) is 10.2 Å². The molecule has 2 heteroatoms. The average molecular weight is 172 g/mol. The fraction of sp³-hybridized carbons (Fsp3) is 0.800. The highest BCUT2D eigenvalue weighted by Crippen LogP contribution is 2.20. The predicted molar refractivity (Wildman–Crippen MR) is 51.0 cm³/mol. The molecule has 0 radical (unpaired) electrons. The zero-order valence-electron chi connectivity index (χ0n) is 8.25. The van der Waals surface area contributed by atoms with Gasteiger partial charge in [0.15, 0.2) is 0 Å². The predicted octanol–water partition coefficient (Wildman–Crippen LogP) is 1.86. The van der Waals surface area contributed by atoms with E-state index in [0.717, 1.165) is 6.42 Å². The van der Waals surface area contributed by atoms with Gasteiger partial charge in [-0.15, -0.1) is 0 Å². The van der Waals surface area contributed by atoms with Crippen LogP contribution in [0, 0.1) is 0 Å². The Morgan fingerprint density at radius 2 is 1.75 bits per heavy atom. The molecule has 0 aromatic heterocycles. The van der Waals surface area contributed by atoms with Crippen molar-refractivity contribution in [3.8, 4) is 0 Å². The second-order valence-electron chi connectivity index (χ2n) is 3.09. The van der Waals surface area contributed by atoms with Gasteiger partial charge in [-0.3, -0.25) is 0 Å². The molecule has 1 atom stereocenters. The summed E-state index contributed by atoms with van der Waals surface area (Å²) in [6.07, 6.45) is 4.87. The normalized spacial score (nSPS) is 15.4. The van der Waals surface area contributed by atoms with Crippen LogP contribution in [0.15, 0.2) is 12.2 Å². The highest BCUT2D eigenvalue weighted by Gasteiger charge is 2.29. The van der Waals surface area contributed by atoms with Crippen molar-refractivity contribution in [2.75, 3.05) is 0 Å². The number of allylic oxidation sites excluding steroid dienone is 1. The summed E-state index contributed by atoms with van der Waals surface area (Å²) in [6, 6.07) is 0. The fourth-order valence-corrected chi connectivity index (χ4v) is 1.11. The SMILES string of the molecule is CC/C=C/C(O)C(O)(CC)CC. The van der Waals surface area contributed by atoms with Gasteiger partial charge in [-0.25, -0.2) is 0 Å². The molecule has 2 nitrogen and oxygen atoms in total. The second kappa shape index (κ2) is 5.33. The Hall–Kier alpha value is -0.340. The molecule has 72 valence electrons. The first kappa shape index (κ1) is 11.7. The van der Waals surface area contributed by atoms with Gasteiger partial charge in [0.2, 0.25) is 0 Å². The first-order valence-corrected chi connectivity index (χ1v) is 4.67. The van der Waals surface area contributed by atoms with Gasteiger partial charge in [0.25, 0.3) is 0 Å². The van der Waals surface area contributed by atoms with E-state index in [1.165, 1.54) is 0 Å². The molecule has 0 bridgehead atoms. The minimum Gasteiger partial charge on any atom is -0.387 e. The van der Waals surface area contributed by atoms with Crippen LogP contribution < -0.4 is 0 Å². The Bertz CT molecular complexity index is 137. The van der Waals surface area contributed by atoms with Crippen LogP contribution in [-0.4, -0.2) is 21.9 Å². The zero-order valence-corrected chi connectivity index (χ0v) is 8.25. The van der Waals surface area contributed by atoms with Gasteiger partial charge in [0, 0.05) is 0 Å². The Labute approximate surface area is 74.9 Å². The Kier molecular flexibility index (Phi) is 5.18. The zero-order chi connectivity index (χ0) is 9.61. The molecule has 0 aliphatic carbocycles. The summed E-state index contributed by atoms with van der Waals surface area (Å²) in [6.45, 7) is 5.76. The number of rotatable bonds is 5. The van der Waals surface area contributed by atoms with E-state index in [1.807, 2.05) is 26.8 Å². The number of aliphatic hydroxyl groups excluding tert-OH is 1. The summed E-state index contributed by atoms with van der Waals surface area (Å²) in [5.41, 5.74) is -0.939. The third kappa shape index (κ3) is 2.95. The third-order valence-electron chi connectivity index (χ3n) is 2.33. The van der Waals surface area contributed by atoms with Gasteiger partial charge in [0.1, 0.15) is 6.10 Å². The lowest BCUT2D eigenvalue weighted by Gasteiger charge is -2.28. The molecule has 0 saturated carbocycles. The van der Waals surface area contributed by atoms with Gasteiger partial charge in [-0.2, -0.15) is 0 Å². The van der Waals surface area contributed by atoms with E-state index in [2.05, 4.69) is 0 Å². The number of hydrogen-bond donors (Lipinski definition) is 2. The summed E-state index contributed by atoms with van der Waals surface area (Å²) in [5.74, 6) is 0. The summed E-state index contributed by atoms with van der Waals surface area (Å²) >= 11 is 0. The van der Waals surface area contributed by atoms with Crippen LogP contribution in [0.2, 0.25) is 0 Å². The van der Waals surface area contributed by atoms with E-state index in [1.54, 1.807) is 6.08 Å². The van der Waals surface area contributed by atoms with Crippen LogP contribution in [0.25, 0.3) is 0 Å². The van der Waals surface area contributed by atoms with Crippen LogP contribution >= 0.6 is 0 Å². The lowest BCUT2D eigenvalue weighted by Crippen LogP contribution is -2.39. The standard InChI is InChI=1S/C10H20O2/c1-4-7-8-9(11)10(12,5-2)6-3/h7-9,11-12H,4-6H2,1-3H3/b8-7+. The summed E-state index contributed by atoms with van der Waals surface area (Å²) in [7, 11) is 0. The average Bonchev–Trinajstić information content (AvgIpc) is 2.12. The summed E-state index contributed by atoms with van der Waals surface area (Å²) < 4.78 is 0. The lowest BCUT2D eigenvalue weighted by atomic mass is 9.90. The Morgan fingerprint density at radius 1 is 1.25 bits per heavy atom. The molecule has 0 fully saturated rings. The molecule has 0 aromatic rings. The van der Waals surface area contributed by atoms with Crippen LogP contribution in [0.5, 0.6) is 0 Å². The molecule has 0 amide bonds. The maximum absolute atomic E-state index is 9.82. The summed E-state index contributed by atoms with van der Waals surface area (Å²) in [4.78, 5) is 0. The molecule has 0 rings (SSSR count). The molecular formula is C10H20O2. The lowest BCUT2D eigenvalue weighted by molar-refractivity contribution is -0.0573. The molecule has 0 spiro atoms. The van der Waals surface area contributed by atoms with Crippen LogP contribution in [0.1, 0.15) is 40.0 Å². The number of hydrogen-bond acceptors (Lipinski definition) is 2. The van der Waals surface area contributed by atoms with Gasteiger partial charge >= 0.3 is 0 Å². The highest BCUT2D eigenvalue weighted by atomic mass is 16.3. The molecule has 0 aliphatic heterocycles. The van der Waals surface area contributed by atoms with Crippen molar-refractivity contribution in [2.45, 2.75) is 51.7 Å². The van der Waals surface area contributed by atoms with Gasteiger partial charge in [-0.1, -0.05) is 32.9 Å². The van der Waals surface area contributed by atoms with Crippen LogP contribution in [0.4, 0.5) is 0 Å². The first-order chi connectivity index (χ1) is 5.60. The van der Waals surface area contributed by atoms with Crippen molar-refractivity contribution in [3.63, 3.8) is 0 Å². The van der Waals surface area contributed by atoms with E-state index >= 15 is 0 Å². The molecule has 0 saturated heterocycles. The Balaban J connectivity index is 4.20. The molecule has 2 N–H and O–H groups in total. The van der Waals surface area contributed by atoms with E-state index in [0.29, 0.717) is 12.8 Å². The van der Waals surface area contributed by atoms with Crippen molar-refractivity contribution >= 4 is 0 Å². The minimum absolute atomic E-state index is 0.582. The maximum atomic E-state index is 9.82. The van der Waals surface area contributed by atoms with Crippen LogP contribution in [-0.2, 0) is 0 Å². The molecule has 12 heavy (non-hydrogen) atoms. The second-order valence-corrected chi connectivity index (χ2v) is 3.09. The molecule has 0 heterocycles. The third-order valence-corrected chi connectivity index (χ3v) is 2.33. The molecular weight excluding hydrogens is 152 g/mol. The highest BCUT2D eigenvalue weighted by molar-refractivity contribution is 4.98. The molecule has 0 aromatic carbocycles. The van der Waals surface area contributed by atoms with Crippen molar-refractivity contribution in [1.29, 1.82) is 0 Å². The first-order valence-electron chi connectivity index (χ1n) is 4.67. The molecule has 1 unspecified atom stereocenters. The van der Waals surface area contributed by atoms with Crippen molar-refractivity contribution < 1.29 is 10.2 Å². The monoisotopic (exact) mass is 172 g/mol. The quantitative estimate of drug-likeness (QED) is 0.621. The number of aliphatic hydroxyl groups is 2.